The molecule has 0 bridgehead atoms. The molecule has 0 radical (unpaired) electrons. The third kappa shape index (κ3) is 3.59. The van der Waals surface area contributed by atoms with Gasteiger partial charge in [0.15, 0.2) is 0 Å². The van der Waals surface area contributed by atoms with Crippen LogP contribution in [0.1, 0.15) is 35.2 Å². The molecule has 0 saturated carbocycles. The summed E-state index contributed by atoms with van der Waals surface area (Å²) in [4.78, 5) is 0. The maximum Gasteiger partial charge on any atom is 0.131 e. The first-order valence-electron chi connectivity index (χ1n) is 6.68. The standard InChI is InChI=1S/C17H17FN2O/c1-11-7-13(9-19)3-4-14(11)10-21-15-5-6-16(12(2)20)17(18)8-15/h3-8,12H,10,20H2,1-2H3. The fourth-order valence-electron chi connectivity index (χ4n) is 2.06. The molecule has 2 aromatic rings. The van der Waals surface area contributed by atoms with Gasteiger partial charge in [-0.15, -0.1) is 0 Å². The van der Waals surface area contributed by atoms with Crippen LogP contribution in [0.2, 0.25) is 0 Å². The summed E-state index contributed by atoms with van der Waals surface area (Å²) in [5.74, 6) is 0.0970. The van der Waals surface area contributed by atoms with E-state index in [-0.39, 0.29) is 11.9 Å². The van der Waals surface area contributed by atoms with Crippen molar-refractivity contribution in [1.29, 1.82) is 5.26 Å². The van der Waals surface area contributed by atoms with Gasteiger partial charge < -0.3 is 10.5 Å². The molecule has 0 aliphatic carbocycles. The maximum absolute atomic E-state index is 13.8. The number of nitriles is 1. The highest BCUT2D eigenvalue weighted by Crippen LogP contribution is 2.22. The second kappa shape index (κ2) is 6.38. The summed E-state index contributed by atoms with van der Waals surface area (Å²) in [5, 5.41) is 8.83. The van der Waals surface area contributed by atoms with Gasteiger partial charge in [0, 0.05) is 17.7 Å². The van der Waals surface area contributed by atoms with Crippen molar-refractivity contribution in [3.05, 3.63) is 64.5 Å². The van der Waals surface area contributed by atoms with E-state index in [0.717, 1.165) is 11.1 Å². The number of nitrogens with two attached hydrogens (primary N) is 1. The number of hydrogen-bond acceptors (Lipinski definition) is 3. The highest BCUT2D eigenvalue weighted by molar-refractivity contribution is 5.37. The van der Waals surface area contributed by atoms with Crippen molar-refractivity contribution in [3.8, 4) is 11.8 Å². The molecule has 0 heterocycles. The number of nitrogens with zero attached hydrogens (tertiary/aromatic N) is 1. The first kappa shape index (κ1) is 15.0. The van der Waals surface area contributed by atoms with Crippen molar-refractivity contribution in [3.63, 3.8) is 0 Å². The summed E-state index contributed by atoms with van der Waals surface area (Å²) in [6.45, 7) is 3.98. The average molecular weight is 284 g/mol. The minimum atomic E-state index is -0.362. The summed E-state index contributed by atoms with van der Waals surface area (Å²) in [6, 6.07) is 11.8. The Kier molecular flexibility index (Phi) is 4.56. The molecule has 0 saturated heterocycles. The summed E-state index contributed by atoms with van der Waals surface area (Å²) in [6.07, 6.45) is 0. The average Bonchev–Trinajstić information content (AvgIpc) is 2.45. The van der Waals surface area contributed by atoms with Crippen LogP contribution in [-0.4, -0.2) is 0 Å². The number of benzene rings is 2. The molecule has 3 nitrogen and oxygen atoms in total. The molecule has 2 N–H and O–H groups in total. The predicted octanol–water partition coefficient (Wildman–Crippen LogP) is 3.60. The van der Waals surface area contributed by atoms with Crippen molar-refractivity contribution in [2.75, 3.05) is 0 Å². The van der Waals surface area contributed by atoms with Crippen molar-refractivity contribution in [2.45, 2.75) is 26.5 Å². The molecule has 108 valence electrons. The zero-order chi connectivity index (χ0) is 15.4. The Morgan fingerprint density at radius 2 is 2.05 bits per heavy atom. The van der Waals surface area contributed by atoms with Crippen LogP contribution in [0, 0.1) is 24.1 Å². The van der Waals surface area contributed by atoms with Crippen LogP contribution >= 0.6 is 0 Å². The van der Waals surface area contributed by atoms with Crippen LogP contribution in [0.15, 0.2) is 36.4 Å². The van der Waals surface area contributed by atoms with Gasteiger partial charge in [0.25, 0.3) is 0 Å². The molecule has 4 heteroatoms. The Hall–Kier alpha value is -2.38. The fraction of sp³-hybridized carbons (Fsp3) is 0.235. The van der Waals surface area contributed by atoms with Gasteiger partial charge in [-0.2, -0.15) is 5.26 Å². The summed E-state index contributed by atoms with van der Waals surface area (Å²) in [5.41, 5.74) is 8.69. The van der Waals surface area contributed by atoms with Gasteiger partial charge in [0.1, 0.15) is 18.2 Å². The minimum Gasteiger partial charge on any atom is -0.489 e. The molecule has 1 atom stereocenters. The second-order valence-corrected chi connectivity index (χ2v) is 5.01. The van der Waals surface area contributed by atoms with E-state index in [9.17, 15) is 4.39 Å². The SMILES string of the molecule is Cc1cc(C#N)ccc1COc1ccc(C(C)N)c(F)c1. The molecule has 0 amide bonds. The Morgan fingerprint density at radius 3 is 2.62 bits per heavy atom. The van der Waals surface area contributed by atoms with E-state index in [2.05, 4.69) is 6.07 Å². The van der Waals surface area contributed by atoms with Crippen LogP contribution in [0.5, 0.6) is 5.75 Å². The quantitative estimate of drug-likeness (QED) is 0.933. The number of halogens is 1. The molecular weight excluding hydrogens is 267 g/mol. The molecule has 0 fully saturated rings. The van der Waals surface area contributed by atoms with Crippen LogP contribution in [0.25, 0.3) is 0 Å². The summed E-state index contributed by atoms with van der Waals surface area (Å²) >= 11 is 0. The number of hydrogen-bond donors (Lipinski definition) is 1. The van der Waals surface area contributed by atoms with E-state index in [1.54, 1.807) is 31.2 Å². The highest BCUT2D eigenvalue weighted by atomic mass is 19.1. The summed E-state index contributed by atoms with van der Waals surface area (Å²) < 4.78 is 19.4. The van der Waals surface area contributed by atoms with Crippen molar-refractivity contribution < 1.29 is 9.13 Å². The van der Waals surface area contributed by atoms with Gasteiger partial charge in [-0.3, -0.25) is 0 Å². The van der Waals surface area contributed by atoms with Gasteiger partial charge in [-0.25, -0.2) is 4.39 Å². The lowest BCUT2D eigenvalue weighted by molar-refractivity contribution is 0.303. The summed E-state index contributed by atoms with van der Waals surface area (Å²) in [7, 11) is 0. The van der Waals surface area contributed by atoms with E-state index in [1.807, 2.05) is 13.0 Å². The molecule has 2 rings (SSSR count). The van der Waals surface area contributed by atoms with Crippen LogP contribution in [0.3, 0.4) is 0 Å². The third-order valence-corrected chi connectivity index (χ3v) is 3.33. The van der Waals surface area contributed by atoms with E-state index >= 15 is 0 Å². The molecule has 2 aromatic carbocycles. The molecule has 0 aliphatic heterocycles. The van der Waals surface area contributed by atoms with Gasteiger partial charge in [0.05, 0.1) is 11.6 Å². The predicted molar refractivity (Wildman–Crippen MR) is 79.2 cm³/mol. The zero-order valence-electron chi connectivity index (χ0n) is 12.1. The Morgan fingerprint density at radius 1 is 1.29 bits per heavy atom. The monoisotopic (exact) mass is 284 g/mol. The lowest BCUT2D eigenvalue weighted by atomic mass is 10.1. The van der Waals surface area contributed by atoms with Crippen LogP contribution < -0.4 is 10.5 Å². The van der Waals surface area contributed by atoms with E-state index in [4.69, 9.17) is 15.7 Å². The molecule has 0 spiro atoms. The molecule has 0 aliphatic rings. The lowest BCUT2D eigenvalue weighted by Gasteiger charge is -2.11. The Labute approximate surface area is 123 Å². The normalized spacial score (nSPS) is 11.8. The van der Waals surface area contributed by atoms with Gasteiger partial charge in [-0.05, 0) is 43.2 Å². The van der Waals surface area contributed by atoms with Crippen molar-refractivity contribution in [2.24, 2.45) is 5.73 Å². The number of aryl methyl sites for hydroxylation is 1. The smallest absolute Gasteiger partial charge is 0.131 e. The third-order valence-electron chi connectivity index (χ3n) is 3.33. The number of ether oxygens (including phenoxy) is 1. The van der Waals surface area contributed by atoms with E-state index in [1.165, 1.54) is 6.07 Å². The minimum absolute atomic E-state index is 0.328. The Balaban J connectivity index is 2.10. The van der Waals surface area contributed by atoms with Crippen molar-refractivity contribution >= 4 is 0 Å². The number of rotatable bonds is 4. The molecular formula is C17H17FN2O. The van der Waals surface area contributed by atoms with Crippen LogP contribution in [-0.2, 0) is 6.61 Å². The first-order chi connectivity index (χ1) is 10.0. The lowest BCUT2D eigenvalue weighted by Crippen LogP contribution is -2.07. The molecule has 0 aromatic heterocycles. The van der Waals surface area contributed by atoms with Crippen LogP contribution in [0.4, 0.5) is 4.39 Å². The first-order valence-corrected chi connectivity index (χ1v) is 6.68. The van der Waals surface area contributed by atoms with Gasteiger partial charge in [0.2, 0.25) is 0 Å². The van der Waals surface area contributed by atoms with E-state index in [0.29, 0.717) is 23.5 Å². The topological polar surface area (TPSA) is 59.0 Å². The van der Waals surface area contributed by atoms with E-state index < -0.39 is 0 Å². The highest BCUT2D eigenvalue weighted by Gasteiger charge is 2.08. The fourth-order valence-corrected chi connectivity index (χ4v) is 2.06. The Bertz CT molecular complexity index is 690. The maximum atomic E-state index is 13.8. The molecule has 21 heavy (non-hydrogen) atoms. The zero-order valence-corrected chi connectivity index (χ0v) is 12.1. The largest absolute Gasteiger partial charge is 0.489 e. The van der Waals surface area contributed by atoms with Gasteiger partial charge in [-0.1, -0.05) is 12.1 Å². The second-order valence-electron chi connectivity index (χ2n) is 5.01. The molecule has 1 unspecified atom stereocenters. The van der Waals surface area contributed by atoms with Gasteiger partial charge >= 0.3 is 0 Å². The van der Waals surface area contributed by atoms with Crippen molar-refractivity contribution in [1.82, 2.24) is 0 Å².